The van der Waals surface area contributed by atoms with Crippen LogP contribution in [-0.4, -0.2) is 26.8 Å². The van der Waals surface area contributed by atoms with Crippen molar-refractivity contribution in [3.8, 4) is 0 Å². The van der Waals surface area contributed by atoms with Crippen molar-refractivity contribution in [3.05, 3.63) is 69.5 Å². The fourth-order valence-corrected chi connectivity index (χ4v) is 3.10. The van der Waals surface area contributed by atoms with Gasteiger partial charge in [-0.25, -0.2) is 4.68 Å². The minimum absolute atomic E-state index is 0.0678. The number of nitrogens with zero attached hydrogens (tertiary/aromatic N) is 3. The maximum atomic E-state index is 12.6. The Bertz CT molecular complexity index is 1090. The molecule has 0 fully saturated rings. The highest BCUT2D eigenvalue weighted by atomic mass is 35.5. The third-order valence-electron chi connectivity index (χ3n) is 4.66. The summed E-state index contributed by atoms with van der Waals surface area (Å²) in [6.07, 6.45) is 0. The van der Waals surface area contributed by atoms with Crippen LogP contribution in [0.25, 0.3) is 0 Å². The number of anilines is 2. The van der Waals surface area contributed by atoms with Crippen molar-refractivity contribution in [2.45, 2.75) is 34.2 Å². The van der Waals surface area contributed by atoms with Gasteiger partial charge in [-0.3, -0.25) is 9.59 Å². The molecule has 0 atom stereocenters. The van der Waals surface area contributed by atoms with Crippen molar-refractivity contribution in [3.63, 3.8) is 0 Å². The van der Waals surface area contributed by atoms with Crippen LogP contribution in [0.3, 0.4) is 0 Å². The number of carbonyl (C=O) groups is 2. The summed E-state index contributed by atoms with van der Waals surface area (Å²) < 4.78 is 1.39. The molecule has 0 radical (unpaired) electrons. The topological polar surface area (TPSA) is 88.9 Å². The predicted molar refractivity (Wildman–Crippen MR) is 113 cm³/mol. The Balaban J connectivity index is 1.70. The van der Waals surface area contributed by atoms with E-state index in [9.17, 15) is 9.59 Å². The molecule has 1 aromatic heterocycles. The molecule has 2 N–H and O–H groups in total. The van der Waals surface area contributed by atoms with Gasteiger partial charge in [-0.2, -0.15) is 0 Å². The number of benzene rings is 2. The fraction of sp³-hybridized carbons (Fsp3) is 0.238. The first-order valence-corrected chi connectivity index (χ1v) is 9.47. The molecular weight excluding hydrogens is 390 g/mol. The van der Waals surface area contributed by atoms with E-state index < -0.39 is 0 Å². The SMILES string of the molecule is Cc1ccc(NC(=O)c2nnn(CC(=O)Nc3cccc(Cl)c3C)c2C)c(C)c1. The number of rotatable bonds is 5. The van der Waals surface area contributed by atoms with Gasteiger partial charge < -0.3 is 10.6 Å². The van der Waals surface area contributed by atoms with E-state index in [-0.39, 0.29) is 24.1 Å². The van der Waals surface area contributed by atoms with Crippen molar-refractivity contribution in [2.24, 2.45) is 0 Å². The van der Waals surface area contributed by atoms with E-state index >= 15 is 0 Å². The summed E-state index contributed by atoms with van der Waals surface area (Å²) in [5, 5.41) is 14.1. The Morgan fingerprint density at radius 2 is 1.79 bits per heavy atom. The van der Waals surface area contributed by atoms with Crippen molar-refractivity contribution < 1.29 is 9.59 Å². The van der Waals surface area contributed by atoms with Gasteiger partial charge >= 0.3 is 0 Å². The van der Waals surface area contributed by atoms with Crippen LogP contribution in [0.4, 0.5) is 11.4 Å². The van der Waals surface area contributed by atoms with E-state index in [1.807, 2.05) is 39.0 Å². The highest BCUT2D eigenvalue weighted by Crippen LogP contribution is 2.23. The molecule has 0 aliphatic rings. The van der Waals surface area contributed by atoms with Crippen LogP contribution in [0, 0.1) is 27.7 Å². The molecule has 0 saturated heterocycles. The quantitative estimate of drug-likeness (QED) is 0.662. The summed E-state index contributed by atoms with van der Waals surface area (Å²) in [7, 11) is 0. The first kappa shape index (κ1) is 20.5. The Morgan fingerprint density at radius 1 is 1.03 bits per heavy atom. The van der Waals surface area contributed by atoms with Gasteiger partial charge in [0.1, 0.15) is 6.54 Å². The molecule has 2 amide bonds. The third-order valence-corrected chi connectivity index (χ3v) is 5.07. The molecule has 0 spiro atoms. The smallest absolute Gasteiger partial charge is 0.278 e. The van der Waals surface area contributed by atoms with Gasteiger partial charge in [0.05, 0.1) is 5.69 Å². The molecule has 0 saturated carbocycles. The molecule has 3 aromatic rings. The molecular formula is C21H22ClN5O2. The average Bonchev–Trinajstić information content (AvgIpc) is 3.02. The van der Waals surface area contributed by atoms with Gasteiger partial charge in [0.15, 0.2) is 5.69 Å². The lowest BCUT2D eigenvalue weighted by atomic mass is 10.1. The van der Waals surface area contributed by atoms with Crippen molar-refractivity contribution in [2.75, 3.05) is 10.6 Å². The Labute approximate surface area is 174 Å². The normalized spacial score (nSPS) is 10.7. The van der Waals surface area contributed by atoms with Gasteiger partial charge in [-0.1, -0.05) is 40.6 Å². The van der Waals surface area contributed by atoms with Gasteiger partial charge in [-0.05, 0) is 57.0 Å². The van der Waals surface area contributed by atoms with Crippen LogP contribution in [0.2, 0.25) is 5.02 Å². The molecule has 7 nitrogen and oxygen atoms in total. The second kappa shape index (κ2) is 8.45. The van der Waals surface area contributed by atoms with Crippen molar-refractivity contribution in [1.82, 2.24) is 15.0 Å². The van der Waals surface area contributed by atoms with E-state index in [4.69, 9.17) is 11.6 Å². The van der Waals surface area contributed by atoms with Crippen LogP contribution in [-0.2, 0) is 11.3 Å². The Morgan fingerprint density at radius 3 is 2.52 bits per heavy atom. The van der Waals surface area contributed by atoms with E-state index in [0.717, 1.165) is 16.7 Å². The van der Waals surface area contributed by atoms with Gasteiger partial charge in [0.25, 0.3) is 5.91 Å². The summed E-state index contributed by atoms with van der Waals surface area (Å²) in [5.74, 6) is -0.656. The average molecular weight is 412 g/mol. The zero-order valence-corrected chi connectivity index (χ0v) is 17.5. The number of halogens is 1. The summed E-state index contributed by atoms with van der Waals surface area (Å²) in [5.41, 5.74) is 4.88. The lowest BCUT2D eigenvalue weighted by Crippen LogP contribution is -2.21. The molecule has 150 valence electrons. The molecule has 0 aliphatic carbocycles. The predicted octanol–water partition coefficient (Wildman–Crippen LogP) is 4.06. The lowest BCUT2D eigenvalue weighted by molar-refractivity contribution is -0.117. The van der Waals surface area contributed by atoms with Crippen LogP contribution >= 0.6 is 11.6 Å². The molecule has 29 heavy (non-hydrogen) atoms. The number of amides is 2. The Kier molecular flexibility index (Phi) is 5.98. The number of hydrogen-bond acceptors (Lipinski definition) is 4. The fourth-order valence-electron chi connectivity index (χ4n) is 2.92. The van der Waals surface area contributed by atoms with Crippen molar-refractivity contribution >= 4 is 34.8 Å². The maximum Gasteiger partial charge on any atom is 0.278 e. The number of aromatic nitrogens is 3. The molecule has 0 unspecified atom stereocenters. The second-order valence-corrected chi connectivity index (χ2v) is 7.32. The summed E-state index contributed by atoms with van der Waals surface area (Å²) >= 11 is 6.08. The van der Waals surface area contributed by atoms with Gasteiger partial charge in [-0.15, -0.1) is 5.10 Å². The first-order valence-electron chi connectivity index (χ1n) is 9.10. The van der Waals surface area contributed by atoms with E-state index in [0.29, 0.717) is 22.1 Å². The molecule has 1 heterocycles. The minimum atomic E-state index is -0.369. The summed E-state index contributed by atoms with van der Waals surface area (Å²) in [6.45, 7) is 7.38. The van der Waals surface area contributed by atoms with E-state index in [1.165, 1.54) is 4.68 Å². The molecule has 8 heteroatoms. The Hall–Kier alpha value is -3.19. The number of carbonyl (C=O) groups excluding carboxylic acids is 2. The van der Waals surface area contributed by atoms with E-state index in [1.54, 1.807) is 25.1 Å². The van der Waals surface area contributed by atoms with Crippen LogP contribution in [0.5, 0.6) is 0 Å². The van der Waals surface area contributed by atoms with Gasteiger partial charge in [0.2, 0.25) is 5.91 Å². The highest BCUT2D eigenvalue weighted by molar-refractivity contribution is 6.31. The third kappa shape index (κ3) is 4.63. The highest BCUT2D eigenvalue weighted by Gasteiger charge is 2.19. The molecule has 2 aromatic carbocycles. The number of hydrogen-bond donors (Lipinski definition) is 2. The van der Waals surface area contributed by atoms with Crippen LogP contribution in [0.15, 0.2) is 36.4 Å². The standard InChI is InChI=1S/C21H22ClN5O2/c1-12-8-9-17(13(2)10-12)24-21(29)20-15(4)27(26-25-20)11-19(28)23-18-7-5-6-16(22)14(18)3/h5-10H,11H2,1-4H3,(H,23,28)(H,24,29). The van der Waals surface area contributed by atoms with Gasteiger partial charge in [0, 0.05) is 16.4 Å². The van der Waals surface area contributed by atoms with E-state index in [2.05, 4.69) is 20.9 Å². The number of aryl methyl sites for hydroxylation is 2. The second-order valence-electron chi connectivity index (χ2n) is 6.91. The maximum absolute atomic E-state index is 12.6. The number of nitrogens with one attached hydrogen (secondary N) is 2. The largest absolute Gasteiger partial charge is 0.324 e. The summed E-state index contributed by atoms with van der Waals surface area (Å²) in [6, 6.07) is 11.1. The van der Waals surface area contributed by atoms with Crippen LogP contribution < -0.4 is 10.6 Å². The molecule has 0 bridgehead atoms. The zero-order chi connectivity index (χ0) is 21.1. The summed E-state index contributed by atoms with van der Waals surface area (Å²) in [4.78, 5) is 25.0. The molecule has 0 aliphatic heterocycles. The van der Waals surface area contributed by atoms with Crippen molar-refractivity contribution in [1.29, 1.82) is 0 Å². The van der Waals surface area contributed by atoms with Crippen LogP contribution in [0.1, 0.15) is 32.9 Å². The lowest BCUT2D eigenvalue weighted by Gasteiger charge is -2.10. The monoisotopic (exact) mass is 411 g/mol. The minimum Gasteiger partial charge on any atom is -0.324 e. The first-order chi connectivity index (χ1) is 13.8. The zero-order valence-electron chi connectivity index (χ0n) is 16.7. The molecule has 3 rings (SSSR count).